The number of benzene rings is 1. The minimum absolute atomic E-state index is 0.0219. The average molecular weight is 407 g/mol. The summed E-state index contributed by atoms with van der Waals surface area (Å²) in [5.74, 6) is -1.15. The maximum absolute atomic E-state index is 12.0. The summed E-state index contributed by atoms with van der Waals surface area (Å²) < 4.78 is 33.1. The zero-order chi connectivity index (χ0) is 17.0. The number of esters is 1. The summed E-state index contributed by atoms with van der Waals surface area (Å²) >= 11 is 3.13. The molecule has 10 heteroatoms. The van der Waals surface area contributed by atoms with E-state index in [4.69, 9.17) is 14.6 Å². The number of nitrogens with two attached hydrogens (primary N) is 1. The van der Waals surface area contributed by atoms with Crippen molar-refractivity contribution >= 4 is 37.8 Å². The SMILES string of the molecule is NS(=O)(=O)c1ccc(Br)c(C(=O)OCC(=O)N2CCOCC2)c1. The third-order valence-electron chi connectivity index (χ3n) is 3.18. The summed E-state index contributed by atoms with van der Waals surface area (Å²) in [6, 6.07) is 3.73. The van der Waals surface area contributed by atoms with Crippen molar-refractivity contribution in [3.05, 3.63) is 28.2 Å². The number of amides is 1. The molecule has 1 aromatic carbocycles. The summed E-state index contributed by atoms with van der Waals surface area (Å²) in [5.41, 5.74) is -0.0219. The highest BCUT2D eigenvalue weighted by atomic mass is 79.9. The van der Waals surface area contributed by atoms with Gasteiger partial charge in [0.2, 0.25) is 10.0 Å². The lowest BCUT2D eigenvalue weighted by Gasteiger charge is -2.26. The molecule has 0 unspecified atom stereocenters. The first-order chi connectivity index (χ1) is 10.8. The highest BCUT2D eigenvalue weighted by Gasteiger charge is 2.21. The Morgan fingerprint density at radius 3 is 2.57 bits per heavy atom. The quantitative estimate of drug-likeness (QED) is 0.709. The van der Waals surface area contributed by atoms with Crippen molar-refractivity contribution in [1.82, 2.24) is 4.90 Å². The van der Waals surface area contributed by atoms with Gasteiger partial charge >= 0.3 is 5.97 Å². The number of rotatable bonds is 4. The fourth-order valence-electron chi connectivity index (χ4n) is 1.95. The van der Waals surface area contributed by atoms with Crippen molar-refractivity contribution in [2.24, 2.45) is 5.14 Å². The molecular weight excluding hydrogens is 392 g/mol. The third-order valence-corrected chi connectivity index (χ3v) is 4.78. The molecule has 0 radical (unpaired) electrons. The molecule has 0 atom stereocenters. The molecule has 0 aliphatic carbocycles. The summed E-state index contributed by atoms with van der Waals surface area (Å²) in [4.78, 5) is 25.3. The number of carbonyl (C=O) groups excluding carboxylic acids is 2. The fourth-order valence-corrected chi connectivity index (χ4v) is 2.90. The predicted octanol–water partition coefficient (Wildman–Crippen LogP) is 0.112. The first-order valence-electron chi connectivity index (χ1n) is 6.64. The second-order valence-corrected chi connectivity index (χ2v) is 7.17. The molecule has 1 aromatic rings. The monoisotopic (exact) mass is 406 g/mol. The third kappa shape index (κ3) is 4.74. The lowest BCUT2D eigenvalue weighted by molar-refractivity contribution is -0.138. The normalized spacial score (nSPS) is 15.3. The van der Waals surface area contributed by atoms with E-state index >= 15 is 0 Å². The van der Waals surface area contributed by atoms with Crippen molar-refractivity contribution in [2.45, 2.75) is 4.90 Å². The van der Waals surface area contributed by atoms with Gasteiger partial charge in [-0.1, -0.05) is 0 Å². The molecule has 8 nitrogen and oxygen atoms in total. The molecule has 0 saturated carbocycles. The maximum Gasteiger partial charge on any atom is 0.339 e. The standard InChI is InChI=1S/C13H15BrN2O6S/c14-11-2-1-9(23(15,19)20)7-10(11)13(18)22-8-12(17)16-3-5-21-6-4-16/h1-2,7H,3-6,8H2,(H2,15,19,20). The average Bonchev–Trinajstić information content (AvgIpc) is 2.52. The topological polar surface area (TPSA) is 116 Å². The summed E-state index contributed by atoms with van der Waals surface area (Å²) in [6.45, 7) is 1.36. The molecule has 1 heterocycles. The second-order valence-electron chi connectivity index (χ2n) is 4.76. The molecule has 2 rings (SSSR count). The van der Waals surface area contributed by atoms with Crippen molar-refractivity contribution in [3.63, 3.8) is 0 Å². The van der Waals surface area contributed by atoms with Crippen LogP contribution in [0.15, 0.2) is 27.6 Å². The first kappa shape index (κ1) is 17.9. The van der Waals surface area contributed by atoms with E-state index in [2.05, 4.69) is 15.9 Å². The van der Waals surface area contributed by atoms with Gasteiger partial charge in [-0.05, 0) is 34.1 Å². The maximum atomic E-state index is 12.0. The van der Waals surface area contributed by atoms with Gasteiger partial charge in [0.15, 0.2) is 6.61 Å². The molecule has 1 aliphatic heterocycles. The van der Waals surface area contributed by atoms with Gasteiger partial charge in [0.05, 0.1) is 23.7 Å². The molecule has 0 bridgehead atoms. The van der Waals surface area contributed by atoms with E-state index < -0.39 is 22.6 Å². The van der Waals surface area contributed by atoms with Crippen LogP contribution in [0.4, 0.5) is 0 Å². The van der Waals surface area contributed by atoms with Crippen LogP contribution in [0.2, 0.25) is 0 Å². The number of carbonyl (C=O) groups is 2. The smallest absolute Gasteiger partial charge is 0.339 e. The van der Waals surface area contributed by atoms with E-state index in [0.29, 0.717) is 30.8 Å². The highest BCUT2D eigenvalue weighted by molar-refractivity contribution is 9.10. The van der Waals surface area contributed by atoms with Gasteiger partial charge in [0.1, 0.15) is 0 Å². The molecule has 1 amide bonds. The van der Waals surface area contributed by atoms with E-state index in [1.165, 1.54) is 17.0 Å². The first-order valence-corrected chi connectivity index (χ1v) is 8.98. The summed E-state index contributed by atoms with van der Waals surface area (Å²) in [5, 5.41) is 5.03. The van der Waals surface area contributed by atoms with Gasteiger partial charge in [-0.2, -0.15) is 0 Å². The van der Waals surface area contributed by atoms with Gasteiger partial charge in [-0.15, -0.1) is 0 Å². The Kier molecular flexibility index (Phi) is 5.74. The molecule has 126 valence electrons. The zero-order valence-corrected chi connectivity index (χ0v) is 14.4. The Morgan fingerprint density at radius 2 is 1.96 bits per heavy atom. The van der Waals surface area contributed by atoms with Gasteiger partial charge < -0.3 is 14.4 Å². The van der Waals surface area contributed by atoms with Crippen LogP contribution in [0.3, 0.4) is 0 Å². The number of nitrogens with zero attached hydrogens (tertiary/aromatic N) is 1. The van der Waals surface area contributed by atoms with Crippen LogP contribution in [0.25, 0.3) is 0 Å². The molecule has 1 fully saturated rings. The number of sulfonamides is 1. The summed E-state index contributed by atoms with van der Waals surface area (Å²) in [6.07, 6.45) is 0. The second kappa shape index (κ2) is 7.39. The molecule has 1 saturated heterocycles. The van der Waals surface area contributed by atoms with Crippen LogP contribution in [0.5, 0.6) is 0 Å². The highest BCUT2D eigenvalue weighted by Crippen LogP contribution is 2.21. The minimum Gasteiger partial charge on any atom is -0.452 e. The Morgan fingerprint density at radius 1 is 1.30 bits per heavy atom. The molecular formula is C13H15BrN2O6S. The van der Waals surface area contributed by atoms with Crippen molar-refractivity contribution < 1.29 is 27.5 Å². The van der Waals surface area contributed by atoms with Crippen molar-refractivity contribution in [2.75, 3.05) is 32.9 Å². The van der Waals surface area contributed by atoms with Gasteiger partial charge in [-0.3, -0.25) is 4.79 Å². The van der Waals surface area contributed by atoms with Crippen LogP contribution in [-0.4, -0.2) is 58.1 Å². The number of ether oxygens (including phenoxy) is 2. The van der Waals surface area contributed by atoms with Crippen LogP contribution in [-0.2, 0) is 24.3 Å². The zero-order valence-electron chi connectivity index (χ0n) is 12.0. The van der Waals surface area contributed by atoms with E-state index in [1.54, 1.807) is 0 Å². The fraction of sp³-hybridized carbons (Fsp3) is 0.385. The van der Waals surface area contributed by atoms with Gasteiger partial charge in [0, 0.05) is 17.6 Å². The number of hydrogen-bond donors (Lipinski definition) is 1. The molecule has 2 N–H and O–H groups in total. The Balaban J connectivity index is 2.04. The molecule has 0 aromatic heterocycles. The summed E-state index contributed by atoms with van der Waals surface area (Å²) in [7, 11) is -3.94. The lowest BCUT2D eigenvalue weighted by atomic mass is 10.2. The van der Waals surface area contributed by atoms with Gasteiger partial charge in [-0.25, -0.2) is 18.4 Å². The predicted molar refractivity (Wildman–Crippen MR) is 83.2 cm³/mol. The lowest BCUT2D eigenvalue weighted by Crippen LogP contribution is -2.42. The Labute approximate surface area is 141 Å². The van der Waals surface area contributed by atoms with Crippen molar-refractivity contribution in [3.8, 4) is 0 Å². The molecule has 1 aliphatic rings. The number of halogens is 1. The van der Waals surface area contributed by atoms with Crippen LogP contribution < -0.4 is 5.14 Å². The van der Waals surface area contributed by atoms with E-state index in [9.17, 15) is 18.0 Å². The van der Waals surface area contributed by atoms with E-state index in [1.807, 2.05) is 0 Å². The number of morpholine rings is 1. The number of primary sulfonamides is 1. The Hall–Kier alpha value is -1.49. The molecule has 23 heavy (non-hydrogen) atoms. The largest absolute Gasteiger partial charge is 0.452 e. The molecule has 0 spiro atoms. The Bertz CT molecular complexity index is 715. The van der Waals surface area contributed by atoms with Crippen molar-refractivity contribution in [1.29, 1.82) is 0 Å². The number of hydrogen-bond acceptors (Lipinski definition) is 6. The minimum atomic E-state index is -3.94. The van der Waals surface area contributed by atoms with Gasteiger partial charge in [0.25, 0.3) is 5.91 Å². The van der Waals surface area contributed by atoms with Crippen LogP contribution in [0, 0.1) is 0 Å². The van der Waals surface area contributed by atoms with E-state index in [0.717, 1.165) is 6.07 Å². The van der Waals surface area contributed by atoms with E-state index in [-0.39, 0.29) is 16.4 Å². The van der Waals surface area contributed by atoms with Crippen LogP contribution >= 0.6 is 15.9 Å². The van der Waals surface area contributed by atoms with Crippen LogP contribution in [0.1, 0.15) is 10.4 Å².